The summed E-state index contributed by atoms with van der Waals surface area (Å²) in [7, 11) is 0. The van der Waals surface area contributed by atoms with E-state index in [2.05, 4.69) is 15.3 Å². The predicted molar refractivity (Wildman–Crippen MR) is 123 cm³/mol. The summed E-state index contributed by atoms with van der Waals surface area (Å²) in [6.45, 7) is 3.51. The Bertz CT molecular complexity index is 1090. The molecular weight excluding hydrogens is 430 g/mol. The van der Waals surface area contributed by atoms with Crippen LogP contribution in [-0.2, 0) is 0 Å². The first-order chi connectivity index (χ1) is 15.5. The van der Waals surface area contributed by atoms with Crippen LogP contribution in [0.1, 0.15) is 29.8 Å². The molecule has 0 bridgehead atoms. The smallest absolute Gasteiger partial charge is 0.270 e. The van der Waals surface area contributed by atoms with Crippen LogP contribution in [0, 0.1) is 10.1 Å². The number of halogens is 1. The number of nitro benzene ring substituents is 1. The van der Waals surface area contributed by atoms with Gasteiger partial charge in [-0.05, 0) is 68.4 Å². The Morgan fingerprint density at radius 1 is 1.06 bits per heavy atom. The Kier molecular flexibility index (Phi) is 6.82. The van der Waals surface area contributed by atoms with Gasteiger partial charge in [0.15, 0.2) is 0 Å². The molecule has 1 fully saturated rings. The highest BCUT2D eigenvalue weighted by atomic mass is 35.5. The third kappa shape index (κ3) is 5.15. The van der Waals surface area contributed by atoms with Crippen molar-refractivity contribution in [2.45, 2.75) is 19.3 Å². The number of rotatable bonds is 7. The first-order valence-corrected chi connectivity index (χ1v) is 11.0. The van der Waals surface area contributed by atoms with E-state index in [1.807, 2.05) is 0 Å². The molecule has 0 aliphatic carbocycles. The molecule has 0 saturated carbocycles. The molecule has 1 N–H and O–H groups in total. The molecule has 32 heavy (non-hydrogen) atoms. The number of likely N-dealkylation sites (tertiary alicyclic amines) is 1. The zero-order chi connectivity index (χ0) is 22.5. The summed E-state index contributed by atoms with van der Waals surface area (Å²) in [4.78, 5) is 25.9. The highest BCUT2D eigenvalue weighted by Gasteiger charge is 2.19. The quantitative estimate of drug-likeness (QED) is 0.425. The number of piperidine rings is 1. The Morgan fingerprint density at radius 3 is 2.41 bits per heavy atom. The lowest BCUT2D eigenvalue weighted by Crippen LogP contribution is -2.38. The molecule has 0 radical (unpaired) electrons. The molecule has 9 heteroatoms. The second-order valence-electron chi connectivity index (χ2n) is 7.77. The molecule has 0 spiro atoms. The van der Waals surface area contributed by atoms with Crippen LogP contribution in [-0.4, -0.2) is 51.7 Å². The largest absolute Gasteiger partial charge is 0.349 e. The van der Waals surface area contributed by atoms with Crippen LogP contribution in [0.15, 0.2) is 54.6 Å². The van der Waals surface area contributed by atoms with Gasteiger partial charge in [-0.2, -0.15) is 5.10 Å². The third-order valence-electron chi connectivity index (χ3n) is 5.55. The fourth-order valence-corrected chi connectivity index (χ4v) is 3.94. The Balaban J connectivity index is 1.58. The van der Waals surface area contributed by atoms with Crippen molar-refractivity contribution in [2.75, 3.05) is 26.2 Å². The van der Waals surface area contributed by atoms with E-state index in [4.69, 9.17) is 11.6 Å². The summed E-state index contributed by atoms with van der Waals surface area (Å²) in [5, 5.41) is 19.1. The number of carbonyl (C=O) groups excluding carboxylic acids is 1. The number of hydrogen-bond donors (Lipinski definition) is 1. The summed E-state index contributed by atoms with van der Waals surface area (Å²) in [5.41, 5.74) is 2.33. The number of nitro groups is 1. The van der Waals surface area contributed by atoms with Crippen LogP contribution >= 0.6 is 11.6 Å². The highest BCUT2D eigenvalue weighted by molar-refractivity contribution is 6.30. The van der Waals surface area contributed by atoms with Gasteiger partial charge < -0.3 is 10.2 Å². The summed E-state index contributed by atoms with van der Waals surface area (Å²) in [6, 6.07) is 14.9. The van der Waals surface area contributed by atoms with Gasteiger partial charge in [0.05, 0.1) is 16.3 Å². The van der Waals surface area contributed by atoms with Gasteiger partial charge >= 0.3 is 0 Å². The first kappa shape index (κ1) is 22.0. The number of hydrogen-bond acceptors (Lipinski definition) is 5. The third-order valence-corrected chi connectivity index (χ3v) is 5.80. The fourth-order valence-electron chi connectivity index (χ4n) is 3.82. The lowest BCUT2D eigenvalue weighted by molar-refractivity contribution is -0.384. The van der Waals surface area contributed by atoms with Gasteiger partial charge in [0, 0.05) is 35.8 Å². The molecule has 2 heterocycles. The molecule has 166 valence electrons. The van der Waals surface area contributed by atoms with E-state index < -0.39 is 4.92 Å². The number of nitrogens with one attached hydrogen (secondary N) is 1. The van der Waals surface area contributed by atoms with Crippen molar-refractivity contribution in [3.63, 3.8) is 0 Å². The predicted octanol–water partition coefficient (Wildman–Crippen LogP) is 4.32. The van der Waals surface area contributed by atoms with Gasteiger partial charge in [-0.1, -0.05) is 18.0 Å². The van der Waals surface area contributed by atoms with Gasteiger partial charge in [0.2, 0.25) is 0 Å². The summed E-state index contributed by atoms with van der Waals surface area (Å²) in [6.07, 6.45) is 3.68. The second kappa shape index (κ2) is 9.93. The van der Waals surface area contributed by atoms with E-state index in [9.17, 15) is 14.9 Å². The lowest BCUT2D eigenvalue weighted by atomic mass is 10.1. The van der Waals surface area contributed by atoms with Gasteiger partial charge in [-0.25, -0.2) is 4.68 Å². The molecule has 8 nitrogen and oxygen atoms in total. The van der Waals surface area contributed by atoms with Crippen LogP contribution in [0.4, 0.5) is 5.69 Å². The fraction of sp³-hybridized carbons (Fsp3) is 0.304. The molecule has 1 amide bonds. The molecule has 1 aliphatic rings. The van der Waals surface area contributed by atoms with Crippen molar-refractivity contribution in [2.24, 2.45) is 0 Å². The minimum atomic E-state index is -0.447. The number of amides is 1. The molecule has 3 aromatic rings. The van der Waals surface area contributed by atoms with E-state index in [1.54, 1.807) is 47.1 Å². The normalized spacial score (nSPS) is 14.3. The van der Waals surface area contributed by atoms with Gasteiger partial charge in [-0.3, -0.25) is 14.9 Å². The SMILES string of the molecule is O=C(NCCN1CCCCC1)c1cc(-c2ccc([N+](=O)[O-])cc2)nn1-c1ccc(Cl)cc1. The van der Waals surface area contributed by atoms with E-state index in [0.29, 0.717) is 34.2 Å². The summed E-state index contributed by atoms with van der Waals surface area (Å²) >= 11 is 6.02. The second-order valence-corrected chi connectivity index (χ2v) is 8.20. The minimum absolute atomic E-state index is 0.00145. The molecule has 1 aromatic heterocycles. The zero-order valence-corrected chi connectivity index (χ0v) is 18.3. The van der Waals surface area contributed by atoms with E-state index in [0.717, 1.165) is 19.6 Å². The van der Waals surface area contributed by atoms with Crippen LogP contribution in [0.3, 0.4) is 0 Å². The summed E-state index contributed by atoms with van der Waals surface area (Å²) in [5.74, 6) is -0.224. The average Bonchev–Trinajstić information content (AvgIpc) is 3.26. The van der Waals surface area contributed by atoms with Crippen LogP contribution < -0.4 is 5.32 Å². The number of nitrogens with zero attached hydrogens (tertiary/aromatic N) is 4. The molecular formula is C23H24ClN5O3. The Hall–Kier alpha value is -3.23. The zero-order valence-electron chi connectivity index (χ0n) is 17.5. The number of carbonyl (C=O) groups is 1. The van der Waals surface area contributed by atoms with E-state index in [1.165, 1.54) is 31.4 Å². The number of aromatic nitrogens is 2. The lowest BCUT2D eigenvalue weighted by Gasteiger charge is -2.26. The molecule has 2 aromatic carbocycles. The standard InChI is InChI=1S/C23H24ClN5O3/c24-18-6-10-19(11-7-18)28-22(23(30)25-12-15-27-13-2-1-3-14-27)16-21(26-28)17-4-8-20(9-5-17)29(31)32/h4-11,16H,1-3,12-15H2,(H,25,30). The van der Waals surface area contributed by atoms with Gasteiger partial charge in [0.25, 0.3) is 11.6 Å². The Morgan fingerprint density at radius 2 is 1.75 bits per heavy atom. The maximum Gasteiger partial charge on any atom is 0.270 e. The van der Waals surface area contributed by atoms with Crippen molar-refractivity contribution < 1.29 is 9.72 Å². The van der Waals surface area contributed by atoms with Crippen molar-refractivity contribution in [1.29, 1.82) is 0 Å². The van der Waals surface area contributed by atoms with E-state index in [-0.39, 0.29) is 11.6 Å². The van der Waals surface area contributed by atoms with Crippen LogP contribution in [0.25, 0.3) is 16.9 Å². The molecule has 4 rings (SSSR count). The molecule has 1 saturated heterocycles. The van der Waals surface area contributed by atoms with Crippen molar-refractivity contribution in [3.8, 4) is 16.9 Å². The average molecular weight is 454 g/mol. The maximum absolute atomic E-state index is 13.0. The number of benzene rings is 2. The highest BCUT2D eigenvalue weighted by Crippen LogP contribution is 2.24. The van der Waals surface area contributed by atoms with Crippen molar-refractivity contribution >= 4 is 23.2 Å². The topological polar surface area (TPSA) is 93.3 Å². The molecule has 0 atom stereocenters. The summed E-state index contributed by atoms with van der Waals surface area (Å²) < 4.78 is 1.57. The van der Waals surface area contributed by atoms with Crippen molar-refractivity contribution in [1.82, 2.24) is 20.0 Å². The molecule has 1 aliphatic heterocycles. The van der Waals surface area contributed by atoms with Crippen LogP contribution in [0.5, 0.6) is 0 Å². The maximum atomic E-state index is 13.0. The number of non-ortho nitro benzene ring substituents is 1. The Labute approximate surface area is 190 Å². The minimum Gasteiger partial charge on any atom is -0.349 e. The van der Waals surface area contributed by atoms with E-state index >= 15 is 0 Å². The van der Waals surface area contributed by atoms with Crippen molar-refractivity contribution in [3.05, 3.63) is 75.4 Å². The van der Waals surface area contributed by atoms with Gasteiger partial charge in [0.1, 0.15) is 5.69 Å². The van der Waals surface area contributed by atoms with Gasteiger partial charge in [-0.15, -0.1) is 0 Å². The van der Waals surface area contributed by atoms with Crippen LogP contribution in [0.2, 0.25) is 5.02 Å². The first-order valence-electron chi connectivity index (χ1n) is 10.6. The molecule has 0 unspecified atom stereocenters. The monoisotopic (exact) mass is 453 g/mol.